The molecule has 1 amide bonds. The summed E-state index contributed by atoms with van der Waals surface area (Å²) in [6.07, 6.45) is 2.04. The first-order valence-corrected chi connectivity index (χ1v) is 12.9. The summed E-state index contributed by atoms with van der Waals surface area (Å²) in [5.41, 5.74) is 2.69. The molecule has 0 bridgehead atoms. The van der Waals surface area contributed by atoms with Crippen LogP contribution in [0.4, 0.5) is 5.69 Å². The molecule has 0 saturated carbocycles. The maximum absolute atomic E-state index is 13.2. The number of carbonyl (C=O) groups excluding carboxylic acids is 1. The third-order valence-corrected chi connectivity index (χ3v) is 7.12. The number of imidazole rings is 1. The Morgan fingerprint density at radius 2 is 1.86 bits per heavy atom. The van der Waals surface area contributed by atoms with Crippen LogP contribution in [-0.2, 0) is 11.3 Å². The Morgan fingerprint density at radius 1 is 1.17 bits per heavy atom. The highest BCUT2D eigenvalue weighted by atomic mass is 32.2. The van der Waals surface area contributed by atoms with E-state index in [4.69, 9.17) is 9.72 Å². The number of amides is 1. The first kappa shape index (κ1) is 27.3. The number of ether oxygens (including phenoxy) is 1. The number of hydrogen-bond donors (Lipinski definition) is 2. The molecule has 1 aromatic heterocycles. The SMILES string of the molecule is COc1cccc(NC(=O)c2nc(-c3ccc(SC(C)(C)C(=O)O)cc3)n(CCCC(C)C)c2C)c1. The third kappa shape index (κ3) is 6.69. The van der Waals surface area contributed by atoms with Crippen molar-refractivity contribution in [2.75, 3.05) is 12.4 Å². The van der Waals surface area contributed by atoms with E-state index in [0.717, 1.165) is 41.4 Å². The number of methoxy groups -OCH3 is 1. The summed E-state index contributed by atoms with van der Waals surface area (Å²) < 4.78 is 6.43. The van der Waals surface area contributed by atoms with Crippen LogP contribution in [0.15, 0.2) is 53.4 Å². The number of anilines is 1. The van der Waals surface area contributed by atoms with Gasteiger partial charge in [-0.2, -0.15) is 0 Å². The predicted molar refractivity (Wildman–Crippen MR) is 145 cm³/mol. The molecule has 0 fully saturated rings. The van der Waals surface area contributed by atoms with Gasteiger partial charge in [-0.1, -0.05) is 32.0 Å². The number of carboxylic acid groups (broad SMARTS) is 1. The van der Waals surface area contributed by atoms with Crippen molar-refractivity contribution in [2.45, 2.75) is 63.6 Å². The van der Waals surface area contributed by atoms with E-state index in [1.165, 1.54) is 11.8 Å². The van der Waals surface area contributed by atoms with Crippen LogP contribution in [0.2, 0.25) is 0 Å². The summed E-state index contributed by atoms with van der Waals surface area (Å²) in [6.45, 7) is 10.4. The average Bonchev–Trinajstić information content (AvgIpc) is 3.15. The number of nitrogens with one attached hydrogen (secondary N) is 1. The number of carbonyl (C=O) groups is 2. The van der Waals surface area contributed by atoms with Crippen LogP contribution in [0.1, 0.15) is 56.7 Å². The first-order chi connectivity index (χ1) is 17.0. The molecule has 0 saturated heterocycles. The molecule has 8 heteroatoms. The van der Waals surface area contributed by atoms with Crippen LogP contribution in [0.5, 0.6) is 5.75 Å². The van der Waals surface area contributed by atoms with Crippen LogP contribution in [0.25, 0.3) is 11.4 Å². The van der Waals surface area contributed by atoms with Gasteiger partial charge in [0.1, 0.15) is 22.0 Å². The fourth-order valence-electron chi connectivity index (χ4n) is 3.80. The highest BCUT2D eigenvalue weighted by Gasteiger charge is 2.28. The van der Waals surface area contributed by atoms with Gasteiger partial charge in [-0.05, 0) is 63.8 Å². The van der Waals surface area contributed by atoms with Gasteiger partial charge in [0.15, 0.2) is 0 Å². The summed E-state index contributed by atoms with van der Waals surface area (Å²) in [7, 11) is 1.59. The van der Waals surface area contributed by atoms with Crippen molar-refractivity contribution in [3.05, 3.63) is 59.9 Å². The number of aliphatic carboxylic acids is 1. The fourth-order valence-corrected chi connectivity index (χ4v) is 4.75. The van der Waals surface area contributed by atoms with Gasteiger partial charge in [0.25, 0.3) is 5.91 Å². The Balaban J connectivity index is 1.92. The minimum atomic E-state index is -0.932. The van der Waals surface area contributed by atoms with Crippen molar-refractivity contribution < 1.29 is 19.4 Å². The van der Waals surface area contributed by atoms with Gasteiger partial charge >= 0.3 is 5.97 Å². The topological polar surface area (TPSA) is 93.4 Å². The molecule has 192 valence electrons. The van der Waals surface area contributed by atoms with E-state index in [2.05, 4.69) is 23.7 Å². The Labute approximate surface area is 217 Å². The second-order valence-corrected chi connectivity index (χ2v) is 11.4. The second kappa shape index (κ2) is 11.6. The largest absolute Gasteiger partial charge is 0.497 e. The number of benzene rings is 2. The van der Waals surface area contributed by atoms with Crippen molar-refractivity contribution in [2.24, 2.45) is 5.92 Å². The Morgan fingerprint density at radius 3 is 2.47 bits per heavy atom. The van der Waals surface area contributed by atoms with E-state index in [1.807, 2.05) is 49.4 Å². The van der Waals surface area contributed by atoms with E-state index in [-0.39, 0.29) is 5.91 Å². The zero-order chi connectivity index (χ0) is 26.5. The Hall–Kier alpha value is -3.26. The molecule has 3 rings (SSSR count). The monoisotopic (exact) mass is 509 g/mol. The van der Waals surface area contributed by atoms with Crippen molar-refractivity contribution in [3.8, 4) is 17.1 Å². The normalized spacial score (nSPS) is 11.5. The quantitative estimate of drug-likeness (QED) is 0.286. The van der Waals surface area contributed by atoms with Crippen LogP contribution in [-0.4, -0.2) is 38.4 Å². The molecule has 36 heavy (non-hydrogen) atoms. The summed E-state index contributed by atoms with van der Waals surface area (Å²) in [6, 6.07) is 14.9. The molecular formula is C28H35N3O4S. The number of thioether (sulfide) groups is 1. The molecule has 2 N–H and O–H groups in total. The number of nitrogens with zero attached hydrogens (tertiary/aromatic N) is 2. The molecule has 2 aromatic carbocycles. The zero-order valence-electron chi connectivity index (χ0n) is 21.8. The molecular weight excluding hydrogens is 474 g/mol. The smallest absolute Gasteiger partial charge is 0.319 e. The summed E-state index contributed by atoms with van der Waals surface area (Å²) in [5.74, 6) is 0.830. The van der Waals surface area contributed by atoms with Gasteiger partial charge in [0, 0.05) is 34.5 Å². The molecule has 0 spiro atoms. The molecule has 0 aliphatic carbocycles. The van der Waals surface area contributed by atoms with Crippen molar-refractivity contribution >= 4 is 29.3 Å². The second-order valence-electron chi connectivity index (χ2n) is 9.69. The van der Waals surface area contributed by atoms with Crippen LogP contribution in [0.3, 0.4) is 0 Å². The van der Waals surface area contributed by atoms with Gasteiger partial charge in [0.2, 0.25) is 0 Å². The summed E-state index contributed by atoms with van der Waals surface area (Å²) in [5, 5.41) is 12.4. The van der Waals surface area contributed by atoms with Gasteiger partial charge in [-0.15, -0.1) is 11.8 Å². The maximum Gasteiger partial charge on any atom is 0.319 e. The number of rotatable bonds is 11. The summed E-state index contributed by atoms with van der Waals surface area (Å²) in [4.78, 5) is 30.3. The molecule has 1 heterocycles. The maximum atomic E-state index is 13.2. The van der Waals surface area contributed by atoms with E-state index >= 15 is 0 Å². The minimum Gasteiger partial charge on any atom is -0.497 e. The van der Waals surface area contributed by atoms with Gasteiger partial charge in [0.05, 0.1) is 7.11 Å². The molecule has 7 nitrogen and oxygen atoms in total. The van der Waals surface area contributed by atoms with Gasteiger partial charge in [-0.25, -0.2) is 4.98 Å². The minimum absolute atomic E-state index is 0.278. The zero-order valence-corrected chi connectivity index (χ0v) is 22.6. The number of aromatic nitrogens is 2. The van der Waals surface area contributed by atoms with Crippen LogP contribution >= 0.6 is 11.8 Å². The summed E-state index contributed by atoms with van der Waals surface area (Å²) >= 11 is 1.30. The fraction of sp³-hybridized carbons (Fsp3) is 0.393. The number of carboxylic acids is 1. The van der Waals surface area contributed by atoms with E-state index in [1.54, 1.807) is 27.0 Å². The molecule has 0 aliphatic heterocycles. The number of hydrogen-bond acceptors (Lipinski definition) is 5. The van der Waals surface area contributed by atoms with E-state index < -0.39 is 10.7 Å². The van der Waals surface area contributed by atoms with Crippen molar-refractivity contribution in [3.63, 3.8) is 0 Å². The lowest BCUT2D eigenvalue weighted by atomic mass is 10.1. The average molecular weight is 510 g/mol. The van der Waals surface area contributed by atoms with E-state index in [9.17, 15) is 14.7 Å². The lowest BCUT2D eigenvalue weighted by Gasteiger charge is -2.18. The molecule has 0 unspecified atom stereocenters. The standard InChI is InChI=1S/C28H35N3O4S/c1-18(2)9-8-16-31-19(3)24(26(32)29-21-10-7-11-22(17-21)35-6)30-25(31)20-12-14-23(15-13-20)36-28(4,5)27(33)34/h7,10-15,17-18H,8-9,16H2,1-6H3,(H,29,32)(H,33,34). The molecule has 3 aromatic rings. The van der Waals surface area contributed by atoms with Crippen LogP contribution < -0.4 is 10.1 Å². The molecule has 0 radical (unpaired) electrons. The lowest BCUT2D eigenvalue weighted by Crippen LogP contribution is -2.26. The Kier molecular flexibility index (Phi) is 8.84. The highest BCUT2D eigenvalue weighted by Crippen LogP contribution is 2.34. The first-order valence-electron chi connectivity index (χ1n) is 12.1. The molecule has 0 aliphatic rings. The van der Waals surface area contributed by atoms with Crippen molar-refractivity contribution in [1.82, 2.24) is 9.55 Å². The van der Waals surface area contributed by atoms with E-state index in [0.29, 0.717) is 23.0 Å². The third-order valence-electron chi connectivity index (χ3n) is 5.93. The highest BCUT2D eigenvalue weighted by molar-refractivity contribution is 8.01. The van der Waals surface area contributed by atoms with Crippen LogP contribution in [0, 0.1) is 12.8 Å². The van der Waals surface area contributed by atoms with Gasteiger partial charge in [-0.3, -0.25) is 9.59 Å². The van der Waals surface area contributed by atoms with Crippen molar-refractivity contribution in [1.29, 1.82) is 0 Å². The Bertz CT molecular complexity index is 1220. The molecule has 0 atom stereocenters. The lowest BCUT2D eigenvalue weighted by molar-refractivity contribution is -0.138. The van der Waals surface area contributed by atoms with Gasteiger partial charge < -0.3 is 19.7 Å². The predicted octanol–water partition coefficient (Wildman–Crippen LogP) is 6.51.